The van der Waals surface area contributed by atoms with Crippen LogP contribution in [0.25, 0.3) is 82.8 Å². The summed E-state index contributed by atoms with van der Waals surface area (Å²) < 4.78 is 8.91. The summed E-state index contributed by atoms with van der Waals surface area (Å²) in [6, 6.07) is 80.8. The molecule has 0 aliphatic heterocycles. The monoisotopic (exact) mass is 842 g/mol. The molecule has 0 atom stereocenters. The smallest absolute Gasteiger partial charge is 0.137 e. The van der Waals surface area contributed by atoms with E-state index in [9.17, 15) is 0 Å². The van der Waals surface area contributed by atoms with Gasteiger partial charge in [0.05, 0.1) is 22.1 Å². The molecule has 310 valence electrons. The number of para-hydroxylation sites is 2. The summed E-state index contributed by atoms with van der Waals surface area (Å²) in [6.07, 6.45) is 0. The van der Waals surface area contributed by atoms with E-state index in [0.29, 0.717) is 0 Å². The fraction of sp³-hybridized carbons (Fsp3) is 0.0476. The summed E-state index contributed by atoms with van der Waals surface area (Å²) in [7, 11) is 0. The summed E-state index contributed by atoms with van der Waals surface area (Å²) in [6.45, 7) is 4.43. The Morgan fingerprint density at radius 1 is 0.409 bits per heavy atom. The third-order valence-electron chi connectivity index (χ3n) is 14.5. The Kier molecular flexibility index (Phi) is 7.74. The number of aromatic nitrogens is 1. The van der Waals surface area contributed by atoms with Gasteiger partial charge in [-0.3, -0.25) is 0 Å². The first-order valence-electron chi connectivity index (χ1n) is 22.9. The zero-order valence-electron chi connectivity index (χ0n) is 36.6. The first kappa shape index (κ1) is 37.0. The van der Waals surface area contributed by atoms with E-state index in [1.165, 1.54) is 77.5 Å². The minimum Gasteiger partial charge on any atom is -0.456 e. The molecule has 0 saturated carbocycles. The van der Waals surface area contributed by atoms with E-state index in [4.69, 9.17) is 4.42 Å². The second-order valence-corrected chi connectivity index (χ2v) is 18.1. The SMILES string of the molecule is Cc1cccc(-c2ccc(N(c3ccc4c(c3)c3cc5c(cc3n4-c3ccccc3)oc3ccccc35)c3cccc4c3-c3ccccc3C43c4ccccc4-c4ccccc43)c(C)c2)c1. The van der Waals surface area contributed by atoms with Crippen molar-refractivity contribution in [1.29, 1.82) is 0 Å². The second-order valence-electron chi connectivity index (χ2n) is 18.1. The van der Waals surface area contributed by atoms with Crippen molar-refractivity contribution in [2.24, 2.45) is 0 Å². The van der Waals surface area contributed by atoms with E-state index in [-0.39, 0.29) is 0 Å². The van der Waals surface area contributed by atoms with Gasteiger partial charge in [-0.15, -0.1) is 0 Å². The molecular formula is C63H42N2O. The normalized spacial score (nSPS) is 13.1. The zero-order chi connectivity index (χ0) is 43.7. The Morgan fingerprint density at radius 2 is 1.06 bits per heavy atom. The van der Waals surface area contributed by atoms with E-state index < -0.39 is 5.41 Å². The zero-order valence-corrected chi connectivity index (χ0v) is 36.6. The number of furan rings is 1. The largest absolute Gasteiger partial charge is 0.456 e. The molecule has 12 aromatic rings. The van der Waals surface area contributed by atoms with Crippen LogP contribution in [0.15, 0.2) is 223 Å². The molecule has 0 amide bonds. The quantitative estimate of drug-likeness (QED) is 0.172. The van der Waals surface area contributed by atoms with E-state index in [1.54, 1.807) is 0 Å². The molecular weight excluding hydrogens is 801 g/mol. The molecule has 10 aromatic carbocycles. The van der Waals surface area contributed by atoms with Crippen LogP contribution in [0.2, 0.25) is 0 Å². The number of nitrogens with zero attached hydrogens (tertiary/aromatic N) is 2. The van der Waals surface area contributed by atoms with Crippen molar-refractivity contribution in [3.8, 4) is 39.1 Å². The number of fused-ring (bicyclic) bond motifs is 16. The highest BCUT2D eigenvalue weighted by Crippen LogP contribution is 2.64. The molecule has 14 rings (SSSR count). The van der Waals surface area contributed by atoms with Gasteiger partial charge in [0.15, 0.2) is 0 Å². The van der Waals surface area contributed by atoms with Gasteiger partial charge in [0.25, 0.3) is 0 Å². The number of aryl methyl sites for hydroxylation is 2. The lowest BCUT2D eigenvalue weighted by molar-refractivity contribution is 0.669. The maximum Gasteiger partial charge on any atom is 0.137 e. The van der Waals surface area contributed by atoms with Crippen LogP contribution in [0.1, 0.15) is 33.4 Å². The van der Waals surface area contributed by atoms with Gasteiger partial charge >= 0.3 is 0 Å². The number of rotatable bonds is 5. The highest BCUT2D eigenvalue weighted by Gasteiger charge is 2.52. The molecule has 0 N–H and O–H groups in total. The minimum atomic E-state index is -0.462. The molecule has 0 saturated heterocycles. The van der Waals surface area contributed by atoms with Gasteiger partial charge in [-0.25, -0.2) is 0 Å². The van der Waals surface area contributed by atoms with Crippen LogP contribution in [0.3, 0.4) is 0 Å². The Morgan fingerprint density at radius 3 is 1.83 bits per heavy atom. The van der Waals surface area contributed by atoms with Crippen molar-refractivity contribution >= 4 is 60.8 Å². The molecule has 2 aliphatic rings. The Balaban J connectivity index is 1.07. The molecule has 3 heteroatoms. The predicted octanol–water partition coefficient (Wildman–Crippen LogP) is 16.8. The first-order valence-corrected chi connectivity index (χ1v) is 22.9. The average molecular weight is 843 g/mol. The molecule has 2 aromatic heterocycles. The van der Waals surface area contributed by atoms with Crippen LogP contribution < -0.4 is 4.90 Å². The maximum atomic E-state index is 6.52. The lowest BCUT2D eigenvalue weighted by Crippen LogP contribution is -2.26. The fourth-order valence-electron chi connectivity index (χ4n) is 11.8. The molecule has 66 heavy (non-hydrogen) atoms. The van der Waals surface area contributed by atoms with Crippen LogP contribution in [0, 0.1) is 13.8 Å². The number of hydrogen-bond acceptors (Lipinski definition) is 2. The third-order valence-corrected chi connectivity index (χ3v) is 14.5. The average Bonchev–Trinajstić information content (AvgIpc) is 4.07. The molecule has 2 aliphatic carbocycles. The lowest BCUT2D eigenvalue weighted by Gasteiger charge is -2.32. The minimum absolute atomic E-state index is 0.462. The van der Waals surface area contributed by atoms with Crippen molar-refractivity contribution in [2.75, 3.05) is 4.90 Å². The van der Waals surface area contributed by atoms with Crippen LogP contribution in [-0.4, -0.2) is 4.57 Å². The standard InChI is InChI=1S/C63H42N2O/c1-39-16-14-17-41(34-39)42-30-32-56(40(2)35-42)65(58-28-15-27-55-62(58)48-23-8-12-26-54(48)63(55)52-24-10-6-20-45(52)46-21-7-11-25-53(46)63)44-31-33-57-49(36-44)50-37-51-47-22-9-13-29-60(47)66-61(51)38-59(50)64(57)43-18-4-3-5-19-43/h3-38H,1-2H3. The van der Waals surface area contributed by atoms with E-state index in [1.807, 2.05) is 6.07 Å². The summed E-state index contributed by atoms with van der Waals surface area (Å²) in [5.74, 6) is 0. The Labute approximate surface area is 383 Å². The van der Waals surface area contributed by atoms with E-state index in [0.717, 1.165) is 55.7 Å². The van der Waals surface area contributed by atoms with Crippen LogP contribution in [0.5, 0.6) is 0 Å². The van der Waals surface area contributed by atoms with Crippen molar-refractivity contribution in [3.63, 3.8) is 0 Å². The molecule has 0 unspecified atom stereocenters. The predicted molar refractivity (Wildman–Crippen MR) is 274 cm³/mol. The van der Waals surface area contributed by atoms with Crippen LogP contribution in [-0.2, 0) is 5.41 Å². The number of hydrogen-bond donors (Lipinski definition) is 0. The molecule has 3 nitrogen and oxygen atoms in total. The molecule has 0 bridgehead atoms. The van der Waals surface area contributed by atoms with E-state index >= 15 is 0 Å². The highest BCUT2D eigenvalue weighted by atomic mass is 16.3. The van der Waals surface area contributed by atoms with Crippen LogP contribution >= 0.6 is 0 Å². The van der Waals surface area contributed by atoms with Crippen molar-refractivity contribution in [1.82, 2.24) is 4.57 Å². The van der Waals surface area contributed by atoms with E-state index in [2.05, 4.69) is 236 Å². The first-order chi connectivity index (χ1) is 32.6. The molecule has 0 fully saturated rings. The van der Waals surface area contributed by atoms with Crippen molar-refractivity contribution in [3.05, 3.63) is 252 Å². The summed E-state index contributed by atoms with van der Waals surface area (Å²) in [4.78, 5) is 2.54. The topological polar surface area (TPSA) is 21.3 Å². The van der Waals surface area contributed by atoms with Crippen molar-refractivity contribution in [2.45, 2.75) is 19.3 Å². The summed E-state index contributed by atoms with van der Waals surface area (Å²) in [5.41, 5.74) is 23.4. The van der Waals surface area contributed by atoms with Gasteiger partial charge in [0.1, 0.15) is 11.2 Å². The van der Waals surface area contributed by atoms with Gasteiger partial charge in [-0.2, -0.15) is 0 Å². The Hall–Kier alpha value is -8.40. The highest BCUT2D eigenvalue weighted by molar-refractivity contribution is 6.18. The maximum absolute atomic E-state index is 6.52. The van der Waals surface area contributed by atoms with Crippen molar-refractivity contribution < 1.29 is 4.42 Å². The molecule has 0 radical (unpaired) electrons. The fourth-order valence-corrected chi connectivity index (χ4v) is 11.8. The summed E-state index contributed by atoms with van der Waals surface area (Å²) in [5, 5.41) is 4.61. The van der Waals surface area contributed by atoms with Gasteiger partial charge in [-0.05, 0) is 130 Å². The van der Waals surface area contributed by atoms with Gasteiger partial charge in [0, 0.05) is 50.2 Å². The third kappa shape index (κ3) is 5.03. The summed E-state index contributed by atoms with van der Waals surface area (Å²) >= 11 is 0. The number of benzene rings is 10. The molecule has 1 spiro atoms. The van der Waals surface area contributed by atoms with Gasteiger partial charge in [0.2, 0.25) is 0 Å². The van der Waals surface area contributed by atoms with Gasteiger partial charge in [-0.1, -0.05) is 157 Å². The Bertz CT molecular complexity index is 3930. The second kappa shape index (κ2) is 13.8. The number of anilines is 3. The lowest BCUT2D eigenvalue weighted by atomic mass is 9.70. The van der Waals surface area contributed by atoms with Gasteiger partial charge < -0.3 is 13.9 Å². The van der Waals surface area contributed by atoms with Crippen LogP contribution in [0.4, 0.5) is 17.1 Å². The molecule has 2 heterocycles.